The molecule has 0 radical (unpaired) electrons. The van der Waals surface area contributed by atoms with Crippen LogP contribution in [0.25, 0.3) is 0 Å². The maximum atomic E-state index is 13.7. The summed E-state index contributed by atoms with van der Waals surface area (Å²) in [6.45, 7) is 9.04. The van der Waals surface area contributed by atoms with Gasteiger partial charge in [-0.3, -0.25) is 0 Å². The van der Waals surface area contributed by atoms with E-state index in [4.69, 9.17) is 4.74 Å². The van der Waals surface area contributed by atoms with Crippen LogP contribution in [0.4, 0.5) is 13.2 Å². The van der Waals surface area contributed by atoms with Gasteiger partial charge in [-0.1, -0.05) is 37.8 Å². The van der Waals surface area contributed by atoms with Crippen LogP contribution in [0.3, 0.4) is 0 Å². The first kappa shape index (κ1) is 19.7. The van der Waals surface area contributed by atoms with Gasteiger partial charge in [0.2, 0.25) is 0 Å². The zero-order valence-corrected chi connectivity index (χ0v) is 16.2. The van der Waals surface area contributed by atoms with Gasteiger partial charge in [0, 0.05) is 33.6 Å². The minimum Gasteiger partial charge on any atom is -0.377 e. The van der Waals surface area contributed by atoms with Crippen molar-refractivity contribution in [3.05, 3.63) is 53.1 Å². The Morgan fingerprint density at radius 1 is 1.16 bits per heavy atom. The largest absolute Gasteiger partial charge is 0.417 e. The summed E-state index contributed by atoms with van der Waals surface area (Å²) in [4.78, 5) is 4.07. The molecule has 2 aromatic rings. The van der Waals surface area contributed by atoms with E-state index in [-0.39, 0.29) is 24.3 Å². The fourth-order valence-electron chi connectivity index (χ4n) is 2.58. The van der Waals surface area contributed by atoms with E-state index in [1.165, 1.54) is 12.1 Å². The number of alkyl halides is 3. The molecule has 1 aromatic heterocycles. The molecular formula is C18H25F3N2OSi. The molecule has 0 aliphatic carbocycles. The molecule has 0 fully saturated rings. The third-order valence-corrected chi connectivity index (χ3v) is 5.74. The van der Waals surface area contributed by atoms with Crippen molar-refractivity contribution in [1.29, 1.82) is 0 Å². The smallest absolute Gasteiger partial charge is 0.377 e. The van der Waals surface area contributed by atoms with Gasteiger partial charge in [-0.05, 0) is 24.1 Å². The number of hydrogen-bond acceptors (Lipinski definition) is 2. The number of nitrogens with zero attached hydrogens (tertiary/aromatic N) is 2. The number of imidazole rings is 1. The highest BCUT2D eigenvalue weighted by atomic mass is 28.3. The van der Waals surface area contributed by atoms with Crippen molar-refractivity contribution in [2.75, 3.05) is 6.61 Å². The van der Waals surface area contributed by atoms with Gasteiger partial charge in [0.15, 0.2) is 0 Å². The highest BCUT2D eigenvalue weighted by molar-refractivity contribution is 6.76. The second-order valence-electron chi connectivity index (χ2n) is 7.41. The summed E-state index contributed by atoms with van der Waals surface area (Å²) in [6.07, 6.45) is -1.14. The molecule has 0 unspecified atom stereocenters. The molecule has 7 heteroatoms. The SMILES string of the molecule is Cc1nccn1Cc1cccc(COCC[Si](C)(C)C)c1C(F)(F)F. The van der Waals surface area contributed by atoms with Crippen LogP contribution in [-0.4, -0.2) is 24.2 Å². The quantitative estimate of drug-likeness (QED) is 0.500. The molecule has 0 atom stereocenters. The monoisotopic (exact) mass is 370 g/mol. The number of ether oxygens (including phenoxy) is 1. The van der Waals surface area contributed by atoms with Crippen molar-refractivity contribution in [1.82, 2.24) is 9.55 Å². The Morgan fingerprint density at radius 3 is 2.40 bits per heavy atom. The molecule has 0 saturated carbocycles. The van der Waals surface area contributed by atoms with Crippen molar-refractivity contribution in [3.63, 3.8) is 0 Å². The lowest BCUT2D eigenvalue weighted by atomic mass is 10.0. The van der Waals surface area contributed by atoms with Crippen LogP contribution in [-0.2, 0) is 24.1 Å². The van der Waals surface area contributed by atoms with E-state index in [0.717, 1.165) is 6.04 Å². The Balaban J connectivity index is 2.22. The Labute approximate surface area is 147 Å². The van der Waals surface area contributed by atoms with Crippen LogP contribution in [0.15, 0.2) is 30.6 Å². The minimum atomic E-state index is -4.41. The van der Waals surface area contributed by atoms with E-state index in [1.807, 2.05) is 0 Å². The van der Waals surface area contributed by atoms with Crippen LogP contribution in [0.1, 0.15) is 22.5 Å². The fraction of sp³-hybridized carbons (Fsp3) is 0.500. The summed E-state index contributed by atoms with van der Waals surface area (Å²) < 4.78 is 48.3. The summed E-state index contributed by atoms with van der Waals surface area (Å²) in [5.74, 6) is 0.685. The van der Waals surface area contributed by atoms with E-state index in [1.54, 1.807) is 30.0 Å². The van der Waals surface area contributed by atoms with E-state index < -0.39 is 19.8 Å². The zero-order valence-electron chi connectivity index (χ0n) is 15.2. The number of aromatic nitrogens is 2. The molecule has 0 aliphatic rings. The number of hydrogen-bond donors (Lipinski definition) is 0. The average molecular weight is 370 g/mol. The molecule has 2 rings (SSSR count). The highest BCUT2D eigenvalue weighted by Gasteiger charge is 2.36. The van der Waals surface area contributed by atoms with Crippen molar-refractivity contribution in [2.45, 2.75) is 51.9 Å². The first-order valence-electron chi connectivity index (χ1n) is 8.31. The molecule has 0 amide bonds. The maximum Gasteiger partial charge on any atom is 0.417 e. The fourth-order valence-corrected chi connectivity index (χ4v) is 3.34. The van der Waals surface area contributed by atoms with E-state index in [9.17, 15) is 13.2 Å². The van der Waals surface area contributed by atoms with Crippen molar-refractivity contribution in [3.8, 4) is 0 Å². The van der Waals surface area contributed by atoms with Crippen LogP contribution < -0.4 is 0 Å². The van der Waals surface area contributed by atoms with E-state index >= 15 is 0 Å². The molecule has 0 N–H and O–H groups in total. The van der Waals surface area contributed by atoms with E-state index in [2.05, 4.69) is 24.6 Å². The van der Waals surface area contributed by atoms with Gasteiger partial charge in [0.1, 0.15) is 5.82 Å². The summed E-state index contributed by atoms with van der Waals surface area (Å²) in [5, 5.41) is 0. The first-order chi connectivity index (χ1) is 11.6. The predicted molar refractivity (Wildman–Crippen MR) is 95.3 cm³/mol. The van der Waals surface area contributed by atoms with Crippen molar-refractivity contribution < 1.29 is 17.9 Å². The predicted octanol–water partition coefficient (Wildman–Crippen LogP) is 5.11. The van der Waals surface area contributed by atoms with Crippen LogP contribution in [0, 0.1) is 6.92 Å². The van der Waals surface area contributed by atoms with Gasteiger partial charge in [-0.25, -0.2) is 4.98 Å². The van der Waals surface area contributed by atoms with Gasteiger partial charge in [0.05, 0.1) is 12.2 Å². The second kappa shape index (κ2) is 7.74. The van der Waals surface area contributed by atoms with Crippen molar-refractivity contribution >= 4 is 8.07 Å². The van der Waals surface area contributed by atoms with Crippen LogP contribution in [0.2, 0.25) is 25.7 Å². The van der Waals surface area contributed by atoms with Gasteiger partial charge < -0.3 is 9.30 Å². The zero-order chi connectivity index (χ0) is 18.7. The molecule has 25 heavy (non-hydrogen) atoms. The van der Waals surface area contributed by atoms with Gasteiger partial charge >= 0.3 is 6.18 Å². The van der Waals surface area contributed by atoms with E-state index in [0.29, 0.717) is 12.4 Å². The molecule has 0 bridgehead atoms. The third-order valence-electron chi connectivity index (χ3n) is 4.04. The molecule has 0 saturated heterocycles. The van der Waals surface area contributed by atoms with Crippen LogP contribution in [0.5, 0.6) is 0 Å². The number of aryl methyl sites for hydroxylation is 1. The molecule has 0 spiro atoms. The minimum absolute atomic E-state index is 0.0178. The summed E-state index contributed by atoms with van der Waals surface area (Å²) >= 11 is 0. The third kappa shape index (κ3) is 5.71. The number of halogens is 3. The molecule has 1 aromatic carbocycles. The van der Waals surface area contributed by atoms with Gasteiger partial charge in [-0.15, -0.1) is 0 Å². The Bertz CT molecular complexity index is 705. The normalized spacial score (nSPS) is 12.6. The first-order valence-corrected chi connectivity index (χ1v) is 12.0. The van der Waals surface area contributed by atoms with Gasteiger partial charge in [0.25, 0.3) is 0 Å². The summed E-state index contributed by atoms with van der Waals surface area (Å²) in [7, 11) is -1.26. The summed E-state index contributed by atoms with van der Waals surface area (Å²) in [6, 6.07) is 5.62. The summed E-state index contributed by atoms with van der Waals surface area (Å²) in [5.41, 5.74) is -0.158. The Kier molecular flexibility index (Phi) is 6.10. The lowest BCUT2D eigenvalue weighted by Crippen LogP contribution is -2.22. The molecule has 3 nitrogen and oxygen atoms in total. The number of benzene rings is 1. The molecular weight excluding hydrogens is 345 g/mol. The molecule has 138 valence electrons. The Hall–Kier alpha value is -1.60. The standard InChI is InChI=1S/C18H25F3N2OSi/c1-14-22-8-9-23(14)12-15-6-5-7-16(17(15)18(19,20)21)13-24-10-11-25(2,3)4/h5-9H,10-13H2,1-4H3. The average Bonchev–Trinajstić information content (AvgIpc) is 2.87. The lowest BCUT2D eigenvalue weighted by Gasteiger charge is -2.19. The topological polar surface area (TPSA) is 27.1 Å². The molecule has 0 aliphatic heterocycles. The lowest BCUT2D eigenvalue weighted by molar-refractivity contribution is -0.139. The van der Waals surface area contributed by atoms with Crippen LogP contribution >= 0.6 is 0 Å². The highest BCUT2D eigenvalue weighted by Crippen LogP contribution is 2.35. The van der Waals surface area contributed by atoms with Crippen molar-refractivity contribution in [2.24, 2.45) is 0 Å². The Morgan fingerprint density at radius 2 is 1.84 bits per heavy atom. The molecule has 1 heterocycles. The second-order valence-corrected chi connectivity index (χ2v) is 13.0. The number of rotatable bonds is 7. The maximum absolute atomic E-state index is 13.7. The van der Waals surface area contributed by atoms with Gasteiger partial charge in [-0.2, -0.15) is 13.2 Å².